The van der Waals surface area contributed by atoms with Gasteiger partial charge in [0.05, 0.1) is 25.2 Å². The summed E-state index contributed by atoms with van der Waals surface area (Å²) >= 11 is 0. The minimum Gasteiger partial charge on any atom is -0.490 e. The number of hydrogen-bond donors (Lipinski definition) is 0. The molecule has 6 heteroatoms. The van der Waals surface area contributed by atoms with Gasteiger partial charge in [-0.3, -0.25) is 9.59 Å². The quantitative estimate of drug-likeness (QED) is 0.645. The van der Waals surface area contributed by atoms with Crippen LogP contribution in [0, 0.1) is 0 Å². The first kappa shape index (κ1) is 22.8. The molecule has 34 heavy (non-hydrogen) atoms. The molecule has 0 aliphatic carbocycles. The zero-order valence-corrected chi connectivity index (χ0v) is 20.4. The fourth-order valence-electron chi connectivity index (χ4n) is 5.94. The van der Waals surface area contributed by atoms with Gasteiger partial charge in [-0.2, -0.15) is 0 Å². The van der Waals surface area contributed by atoms with E-state index in [0.717, 1.165) is 54.7 Å². The zero-order chi connectivity index (χ0) is 23.8. The van der Waals surface area contributed by atoms with E-state index in [1.54, 1.807) is 0 Å². The molecule has 0 bridgehead atoms. The van der Waals surface area contributed by atoms with Crippen molar-refractivity contribution in [2.24, 2.45) is 0 Å². The van der Waals surface area contributed by atoms with Crippen LogP contribution in [0.4, 0.5) is 0 Å². The Morgan fingerprint density at radius 3 is 2.47 bits per heavy atom. The summed E-state index contributed by atoms with van der Waals surface area (Å²) in [5, 5.41) is 0. The highest BCUT2D eigenvalue weighted by molar-refractivity contribution is 6.01. The maximum Gasteiger partial charge on any atom is 0.254 e. The summed E-state index contributed by atoms with van der Waals surface area (Å²) < 4.78 is 11.8. The first-order chi connectivity index (χ1) is 16.5. The molecule has 3 heterocycles. The highest BCUT2D eigenvalue weighted by atomic mass is 16.5. The van der Waals surface area contributed by atoms with Crippen LogP contribution in [0.25, 0.3) is 0 Å². The Bertz CT molecular complexity index is 1100. The third-order valence-electron chi connectivity index (χ3n) is 7.54. The Hall–Kier alpha value is -3.02. The number of fused-ring (bicyclic) bond motifs is 4. The fourth-order valence-corrected chi connectivity index (χ4v) is 5.94. The third kappa shape index (κ3) is 3.73. The highest BCUT2D eigenvalue weighted by Gasteiger charge is 2.48. The van der Waals surface area contributed by atoms with Crippen LogP contribution in [0.3, 0.4) is 0 Å². The molecule has 0 aromatic heterocycles. The molecule has 1 fully saturated rings. The predicted octanol–water partition coefficient (Wildman–Crippen LogP) is 4.72. The lowest BCUT2D eigenvalue weighted by molar-refractivity contribution is -0.138. The second-order valence-electron chi connectivity index (χ2n) is 9.50. The SMILES string of the molecule is CCOc1cc2c(cc1OCC)C1C(C(=O)N3CCCCC3C)c3ccccc3C(=O)N1CC2. The standard InChI is InChI=1S/C28H34N2O4/c1-4-33-23-16-19-13-15-30-26(22(19)17-24(23)34-5-2)25(20-11-6-7-12-21(20)27(30)31)28(32)29-14-9-8-10-18(29)3/h6-7,11-12,16-18,25-26H,4-5,8-10,13-15H2,1-3H3. The monoisotopic (exact) mass is 462 g/mol. The van der Waals surface area contributed by atoms with Crippen LogP contribution < -0.4 is 9.47 Å². The summed E-state index contributed by atoms with van der Waals surface area (Å²) in [5.41, 5.74) is 3.63. The van der Waals surface area contributed by atoms with Crippen LogP contribution in [0.15, 0.2) is 36.4 Å². The third-order valence-corrected chi connectivity index (χ3v) is 7.54. The molecule has 3 unspecified atom stereocenters. The van der Waals surface area contributed by atoms with Crippen molar-refractivity contribution < 1.29 is 19.1 Å². The lowest BCUT2D eigenvalue weighted by Gasteiger charge is -2.47. The van der Waals surface area contributed by atoms with Crippen LogP contribution in [-0.4, -0.2) is 54.0 Å². The van der Waals surface area contributed by atoms with E-state index in [-0.39, 0.29) is 23.9 Å². The largest absolute Gasteiger partial charge is 0.490 e. The maximum atomic E-state index is 14.2. The van der Waals surface area contributed by atoms with Crippen molar-refractivity contribution in [1.82, 2.24) is 9.80 Å². The number of piperidine rings is 1. The maximum absolute atomic E-state index is 14.2. The molecule has 0 spiro atoms. The number of likely N-dealkylation sites (tertiary alicyclic amines) is 1. The van der Waals surface area contributed by atoms with E-state index in [2.05, 4.69) is 13.0 Å². The molecule has 6 nitrogen and oxygen atoms in total. The number of amides is 2. The minimum atomic E-state index is -0.430. The van der Waals surface area contributed by atoms with Gasteiger partial charge in [0, 0.05) is 24.7 Å². The molecule has 0 radical (unpaired) electrons. The van der Waals surface area contributed by atoms with E-state index in [1.165, 1.54) is 0 Å². The Morgan fingerprint density at radius 1 is 1.00 bits per heavy atom. The predicted molar refractivity (Wildman–Crippen MR) is 130 cm³/mol. The summed E-state index contributed by atoms with van der Waals surface area (Å²) in [6.45, 7) is 8.49. The van der Waals surface area contributed by atoms with E-state index in [9.17, 15) is 9.59 Å². The molecule has 2 aromatic carbocycles. The number of benzene rings is 2. The van der Waals surface area contributed by atoms with Crippen LogP contribution >= 0.6 is 0 Å². The van der Waals surface area contributed by atoms with Crippen LogP contribution in [0.2, 0.25) is 0 Å². The second kappa shape index (κ2) is 9.32. The molecular weight excluding hydrogens is 428 g/mol. The van der Waals surface area contributed by atoms with Crippen molar-refractivity contribution in [1.29, 1.82) is 0 Å². The van der Waals surface area contributed by atoms with Gasteiger partial charge in [0.2, 0.25) is 5.91 Å². The van der Waals surface area contributed by atoms with E-state index in [1.807, 2.05) is 54.0 Å². The molecule has 5 rings (SSSR count). The number of carbonyl (C=O) groups excluding carboxylic acids is 2. The van der Waals surface area contributed by atoms with E-state index in [4.69, 9.17) is 9.47 Å². The molecule has 3 aliphatic heterocycles. The summed E-state index contributed by atoms with van der Waals surface area (Å²) in [4.78, 5) is 31.8. The van der Waals surface area contributed by atoms with E-state index < -0.39 is 5.92 Å². The molecule has 2 amide bonds. The van der Waals surface area contributed by atoms with Gasteiger partial charge in [0.1, 0.15) is 0 Å². The molecule has 1 saturated heterocycles. The summed E-state index contributed by atoms with van der Waals surface area (Å²) in [6.07, 6.45) is 3.94. The average Bonchev–Trinajstić information content (AvgIpc) is 2.85. The van der Waals surface area contributed by atoms with Gasteiger partial charge >= 0.3 is 0 Å². The number of nitrogens with zero attached hydrogens (tertiary/aromatic N) is 2. The van der Waals surface area contributed by atoms with Crippen LogP contribution in [-0.2, 0) is 11.2 Å². The lowest BCUT2D eigenvalue weighted by Crippen LogP contribution is -2.52. The molecule has 2 aromatic rings. The van der Waals surface area contributed by atoms with Crippen molar-refractivity contribution in [3.05, 3.63) is 58.7 Å². The smallest absolute Gasteiger partial charge is 0.254 e. The Kier molecular flexibility index (Phi) is 6.24. The van der Waals surface area contributed by atoms with Gasteiger partial charge in [-0.25, -0.2) is 0 Å². The van der Waals surface area contributed by atoms with E-state index >= 15 is 0 Å². The Labute approximate surface area is 201 Å². The zero-order valence-electron chi connectivity index (χ0n) is 20.4. The van der Waals surface area contributed by atoms with Gasteiger partial charge in [-0.15, -0.1) is 0 Å². The van der Waals surface area contributed by atoms with Crippen molar-refractivity contribution in [3.63, 3.8) is 0 Å². The van der Waals surface area contributed by atoms with Crippen molar-refractivity contribution in [2.75, 3.05) is 26.3 Å². The van der Waals surface area contributed by atoms with Crippen molar-refractivity contribution in [2.45, 2.75) is 64.5 Å². The first-order valence-corrected chi connectivity index (χ1v) is 12.7. The average molecular weight is 463 g/mol. The molecule has 180 valence electrons. The van der Waals surface area contributed by atoms with Gasteiger partial charge in [-0.1, -0.05) is 18.2 Å². The molecule has 0 saturated carbocycles. The molecule has 0 N–H and O–H groups in total. The normalized spacial score (nSPS) is 23.6. The Morgan fingerprint density at radius 2 is 1.74 bits per heavy atom. The van der Waals surface area contributed by atoms with Crippen LogP contribution in [0.1, 0.15) is 79.0 Å². The number of hydrogen-bond acceptors (Lipinski definition) is 4. The number of rotatable bonds is 5. The van der Waals surface area contributed by atoms with Crippen molar-refractivity contribution >= 4 is 11.8 Å². The summed E-state index contributed by atoms with van der Waals surface area (Å²) in [5.74, 6) is 1.11. The molecule has 3 aliphatic rings. The van der Waals surface area contributed by atoms with Gasteiger partial charge in [0.25, 0.3) is 5.91 Å². The molecular formula is C28H34N2O4. The Balaban J connectivity index is 1.66. The summed E-state index contributed by atoms with van der Waals surface area (Å²) in [6, 6.07) is 11.6. The lowest BCUT2D eigenvalue weighted by atomic mass is 9.75. The van der Waals surface area contributed by atoms with Gasteiger partial charge in [0.15, 0.2) is 11.5 Å². The number of carbonyl (C=O) groups is 2. The van der Waals surface area contributed by atoms with Crippen LogP contribution in [0.5, 0.6) is 11.5 Å². The topological polar surface area (TPSA) is 59.1 Å². The minimum absolute atomic E-state index is 0.00818. The van der Waals surface area contributed by atoms with Crippen molar-refractivity contribution in [3.8, 4) is 11.5 Å². The second-order valence-corrected chi connectivity index (χ2v) is 9.50. The highest BCUT2D eigenvalue weighted by Crippen LogP contribution is 2.49. The molecule has 3 atom stereocenters. The van der Waals surface area contributed by atoms with Gasteiger partial charge < -0.3 is 19.3 Å². The van der Waals surface area contributed by atoms with E-state index in [0.29, 0.717) is 31.1 Å². The summed E-state index contributed by atoms with van der Waals surface area (Å²) in [7, 11) is 0. The van der Waals surface area contributed by atoms with Gasteiger partial charge in [-0.05, 0) is 81.3 Å². The first-order valence-electron chi connectivity index (χ1n) is 12.7. The number of ether oxygens (including phenoxy) is 2. The fraction of sp³-hybridized carbons (Fsp3) is 0.500.